The zero-order chi connectivity index (χ0) is 18.2. The van der Waals surface area contributed by atoms with Gasteiger partial charge < -0.3 is 15.0 Å². The van der Waals surface area contributed by atoms with Gasteiger partial charge in [-0.3, -0.25) is 9.59 Å². The Kier molecular flexibility index (Phi) is 7.62. The van der Waals surface area contributed by atoms with Gasteiger partial charge in [0.1, 0.15) is 11.8 Å². The lowest BCUT2D eigenvalue weighted by Crippen LogP contribution is -2.50. The number of likely N-dealkylation sites (tertiary alicyclic amines) is 1. The van der Waals surface area contributed by atoms with Crippen molar-refractivity contribution in [3.8, 4) is 5.75 Å². The van der Waals surface area contributed by atoms with Crippen molar-refractivity contribution in [1.29, 1.82) is 0 Å². The number of amides is 2. The van der Waals surface area contributed by atoms with Crippen molar-refractivity contribution in [2.45, 2.75) is 32.2 Å². The fourth-order valence-electron chi connectivity index (χ4n) is 3.01. The second kappa shape index (κ2) is 9.70. The summed E-state index contributed by atoms with van der Waals surface area (Å²) in [6, 6.07) is 6.59. The van der Waals surface area contributed by atoms with Crippen LogP contribution in [0.1, 0.15) is 36.5 Å². The molecular weight excluding hydrogens is 336 g/mol. The first kappa shape index (κ1) is 19.6. The predicted octanol–water partition coefficient (Wildman–Crippen LogP) is 2.81. The molecular formula is C19H28N2O3S. The number of thioether (sulfide) groups is 1. The molecule has 0 aliphatic carbocycles. The molecule has 2 rings (SSSR count). The summed E-state index contributed by atoms with van der Waals surface area (Å²) in [4.78, 5) is 27.5. The van der Waals surface area contributed by atoms with Crippen LogP contribution in [0.5, 0.6) is 5.75 Å². The Balaban J connectivity index is 2.08. The molecule has 1 N–H and O–H groups in total. The maximum Gasteiger partial charge on any atom is 0.255 e. The summed E-state index contributed by atoms with van der Waals surface area (Å²) in [7, 11) is 1.54. The molecule has 1 aliphatic rings. The molecule has 5 nitrogen and oxygen atoms in total. The molecule has 1 heterocycles. The van der Waals surface area contributed by atoms with E-state index in [2.05, 4.69) is 12.2 Å². The molecule has 6 heteroatoms. The van der Waals surface area contributed by atoms with E-state index in [1.165, 1.54) is 7.11 Å². The Morgan fingerprint density at radius 2 is 2.00 bits per heavy atom. The number of ether oxygens (including phenoxy) is 1. The highest BCUT2D eigenvalue weighted by Gasteiger charge is 2.28. The maximum atomic E-state index is 12.9. The van der Waals surface area contributed by atoms with E-state index in [-0.39, 0.29) is 11.8 Å². The SMILES string of the molecule is COc1ccccc1C(=O)NC(CCSC)C(=O)N1CCC(C)CC1. The number of para-hydroxylation sites is 1. The Morgan fingerprint density at radius 1 is 1.32 bits per heavy atom. The van der Waals surface area contributed by atoms with Crippen LogP contribution in [0.4, 0.5) is 0 Å². The van der Waals surface area contributed by atoms with Crippen molar-refractivity contribution < 1.29 is 14.3 Å². The first-order valence-electron chi connectivity index (χ1n) is 8.78. The monoisotopic (exact) mass is 364 g/mol. The van der Waals surface area contributed by atoms with Crippen LogP contribution in [0.15, 0.2) is 24.3 Å². The molecule has 0 bridgehead atoms. The molecule has 0 spiro atoms. The topological polar surface area (TPSA) is 58.6 Å². The van der Waals surface area contributed by atoms with Crippen molar-refractivity contribution in [3.63, 3.8) is 0 Å². The number of rotatable bonds is 7. The standard InChI is InChI=1S/C19H28N2O3S/c1-14-8-11-21(12-9-14)19(23)16(10-13-25-3)20-18(22)15-6-4-5-7-17(15)24-2/h4-7,14,16H,8-13H2,1-3H3,(H,20,22). The Morgan fingerprint density at radius 3 is 2.64 bits per heavy atom. The molecule has 1 unspecified atom stereocenters. The van der Waals surface area contributed by atoms with E-state index in [1.807, 2.05) is 17.2 Å². The quantitative estimate of drug-likeness (QED) is 0.808. The van der Waals surface area contributed by atoms with Crippen LogP contribution < -0.4 is 10.1 Å². The van der Waals surface area contributed by atoms with Crippen LogP contribution >= 0.6 is 11.8 Å². The van der Waals surface area contributed by atoms with Crippen LogP contribution in [0.3, 0.4) is 0 Å². The summed E-state index contributed by atoms with van der Waals surface area (Å²) in [5, 5.41) is 2.93. The van der Waals surface area contributed by atoms with Gasteiger partial charge in [0.05, 0.1) is 12.7 Å². The first-order chi connectivity index (χ1) is 12.1. The van der Waals surface area contributed by atoms with Crippen LogP contribution in [-0.4, -0.2) is 55.0 Å². The van der Waals surface area contributed by atoms with Crippen LogP contribution in [0.2, 0.25) is 0 Å². The van der Waals surface area contributed by atoms with Gasteiger partial charge in [0, 0.05) is 13.1 Å². The Hall–Kier alpha value is -1.69. The van der Waals surface area contributed by atoms with E-state index in [0.717, 1.165) is 31.7 Å². The molecule has 2 amide bonds. The average molecular weight is 365 g/mol. The van der Waals surface area contributed by atoms with Crippen LogP contribution in [-0.2, 0) is 4.79 Å². The van der Waals surface area contributed by atoms with E-state index in [0.29, 0.717) is 23.7 Å². The Labute approximate surface area is 154 Å². The molecule has 25 heavy (non-hydrogen) atoms. The van der Waals surface area contributed by atoms with Gasteiger partial charge in [0.15, 0.2) is 0 Å². The third-order valence-electron chi connectivity index (χ3n) is 4.66. The van der Waals surface area contributed by atoms with Crippen molar-refractivity contribution in [2.24, 2.45) is 5.92 Å². The van der Waals surface area contributed by atoms with Crippen molar-refractivity contribution in [2.75, 3.05) is 32.2 Å². The molecule has 0 saturated carbocycles. The minimum absolute atomic E-state index is 0.0317. The van der Waals surface area contributed by atoms with Gasteiger partial charge in [-0.05, 0) is 49.3 Å². The molecule has 0 aromatic heterocycles. The van der Waals surface area contributed by atoms with E-state index in [4.69, 9.17) is 4.74 Å². The van der Waals surface area contributed by atoms with Crippen molar-refractivity contribution in [3.05, 3.63) is 29.8 Å². The van der Waals surface area contributed by atoms with E-state index in [9.17, 15) is 9.59 Å². The zero-order valence-corrected chi connectivity index (χ0v) is 16.1. The summed E-state index contributed by atoms with van der Waals surface area (Å²) >= 11 is 1.68. The smallest absolute Gasteiger partial charge is 0.255 e. The van der Waals surface area contributed by atoms with Gasteiger partial charge in [-0.2, -0.15) is 11.8 Å². The summed E-state index contributed by atoms with van der Waals surface area (Å²) < 4.78 is 5.26. The van der Waals surface area contributed by atoms with Crippen molar-refractivity contribution >= 4 is 23.6 Å². The lowest BCUT2D eigenvalue weighted by atomic mass is 9.98. The average Bonchev–Trinajstić information content (AvgIpc) is 2.64. The molecule has 1 aromatic rings. The number of carbonyl (C=O) groups excluding carboxylic acids is 2. The van der Waals surface area contributed by atoms with E-state index >= 15 is 0 Å². The number of hydrogen-bond donors (Lipinski definition) is 1. The van der Waals surface area contributed by atoms with Gasteiger partial charge in [-0.25, -0.2) is 0 Å². The van der Waals surface area contributed by atoms with Gasteiger partial charge in [-0.15, -0.1) is 0 Å². The number of nitrogens with zero attached hydrogens (tertiary/aromatic N) is 1. The normalized spacial score (nSPS) is 16.4. The highest BCUT2D eigenvalue weighted by atomic mass is 32.2. The first-order valence-corrected chi connectivity index (χ1v) is 10.2. The van der Waals surface area contributed by atoms with Gasteiger partial charge in [0.25, 0.3) is 5.91 Å². The third kappa shape index (κ3) is 5.39. The highest BCUT2D eigenvalue weighted by Crippen LogP contribution is 2.20. The molecule has 0 radical (unpaired) electrons. The lowest BCUT2D eigenvalue weighted by molar-refractivity contribution is -0.134. The molecule has 1 saturated heterocycles. The van der Waals surface area contributed by atoms with Gasteiger partial charge >= 0.3 is 0 Å². The van der Waals surface area contributed by atoms with Gasteiger partial charge in [0.2, 0.25) is 5.91 Å². The van der Waals surface area contributed by atoms with Gasteiger partial charge in [-0.1, -0.05) is 19.1 Å². The Bertz CT molecular complexity index is 586. The highest BCUT2D eigenvalue weighted by molar-refractivity contribution is 7.98. The largest absolute Gasteiger partial charge is 0.496 e. The molecule has 1 aliphatic heterocycles. The summed E-state index contributed by atoms with van der Waals surface area (Å²) in [6.45, 7) is 3.77. The van der Waals surface area contributed by atoms with E-state index in [1.54, 1.807) is 30.0 Å². The maximum absolute atomic E-state index is 12.9. The summed E-state index contributed by atoms with van der Waals surface area (Å²) in [5.74, 6) is 1.78. The fraction of sp³-hybridized carbons (Fsp3) is 0.579. The number of carbonyl (C=O) groups is 2. The third-order valence-corrected chi connectivity index (χ3v) is 5.30. The van der Waals surface area contributed by atoms with Crippen LogP contribution in [0, 0.1) is 5.92 Å². The molecule has 1 atom stereocenters. The minimum atomic E-state index is -0.488. The molecule has 138 valence electrons. The number of methoxy groups -OCH3 is 1. The number of hydrogen-bond acceptors (Lipinski definition) is 4. The lowest BCUT2D eigenvalue weighted by Gasteiger charge is -2.33. The number of benzene rings is 1. The van der Waals surface area contributed by atoms with Crippen LogP contribution in [0.25, 0.3) is 0 Å². The summed E-state index contributed by atoms with van der Waals surface area (Å²) in [5.41, 5.74) is 0.458. The van der Waals surface area contributed by atoms with Crippen molar-refractivity contribution in [1.82, 2.24) is 10.2 Å². The minimum Gasteiger partial charge on any atom is -0.496 e. The number of piperidine rings is 1. The second-order valence-electron chi connectivity index (χ2n) is 6.52. The fourth-order valence-corrected chi connectivity index (χ4v) is 3.48. The predicted molar refractivity (Wildman–Crippen MR) is 102 cm³/mol. The number of nitrogens with one attached hydrogen (secondary N) is 1. The molecule has 1 aromatic carbocycles. The summed E-state index contributed by atoms with van der Waals surface area (Å²) in [6.07, 6.45) is 4.70. The second-order valence-corrected chi connectivity index (χ2v) is 7.50. The molecule has 1 fully saturated rings. The van der Waals surface area contributed by atoms with E-state index < -0.39 is 6.04 Å². The zero-order valence-electron chi connectivity index (χ0n) is 15.3.